The molecule has 1 aromatic carbocycles. The Labute approximate surface area is 144 Å². The molecule has 0 unspecified atom stereocenters. The second-order valence-corrected chi connectivity index (χ2v) is 6.36. The minimum Gasteiger partial charge on any atom is -0.281 e. The van der Waals surface area contributed by atoms with E-state index in [9.17, 15) is 52.7 Å². The predicted molar refractivity (Wildman–Crippen MR) is 67.1 cm³/mol. The molecule has 0 aliphatic rings. The summed E-state index contributed by atoms with van der Waals surface area (Å²) in [7, 11) is -7.25. The van der Waals surface area contributed by atoms with Crippen LogP contribution in [0.5, 0.6) is 0 Å². The number of carbonyl (C=O) groups excluding carboxylic acids is 1. The fourth-order valence-corrected chi connectivity index (χ4v) is 2.13. The molecular formula is C12H7F9O5S. The van der Waals surface area contributed by atoms with Crippen molar-refractivity contribution in [3.05, 3.63) is 35.9 Å². The molecule has 0 amide bonds. The van der Waals surface area contributed by atoms with Gasteiger partial charge in [-0.2, -0.15) is 47.9 Å². The summed E-state index contributed by atoms with van der Waals surface area (Å²) >= 11 is 0. The summed E-state index contributed by atoms with van der Waals surface area (Å²) in [5.41, 5.74) is 0.115. The Morgan fingerprint density at radius 1 is 0.852 bits per heavy atom. The normalized spacial score (nSPS) is 14.1. The van der Waals surface area contributed by atoms with Crippen molar-refractivity contribution in [3.63, 3.8) is 0 Å². The van der Waals surface area contributed by atoms with Crippen molar-refractivity contribution < 1.29 is 61.9 Å². The predicted octanol–water partition coefficient (Wildman–Crippen LogP) is 3.46. The Morgan fingerprint density at radius 3 is 1.78 bits per heavy atom. The largest absolute Gasteiger partial charge is 0.460 e. The Balaban J connectivity index is 2.99. The van der Waals surface area contributed by atoms with Gasteiger partial charge in [0.2, 0.25) is 0 Å². The van der Waals surface area contributed by atoms with Gasteiger partial charge in [-0.05, 0) is 9.90 Å². The van der Waals surface area contributed by atoms with Crippen molar-refractivity contribution in [2.45, 2.75) is 29.7 Å². The monoisotopic (exact) mass is 434 g/mol. The maximum Gasteiger partial charge on any atom is 0.460 e. The topological polar surface area (TPSA) is 69.7 Å². The Kier molecular flexibility index (Phi) is 6.12. The second kappa shape index (κ2) is 7.18. The van der Waals surface area contributed by atoms with E-state index in [1.165, 1.54) is 30.3 Å². The third kappa shape index (κ3) is 4.28. The summed E-state index contributed by atoms with van der Waals surface area (Å²) in [4.78, 5) is 14.5. The molecule has 0 N–H and O–H groups in total. The minimum absolute atomic E-state index is 0.115. The van der Waals surface area contributed by atoms with E-state index in [1.54, 1.807) is 0 Å². The Morgan fingerprint density at radius 2 is 1.33 bits per heavy atom. The smallest absolute Gasteiger partial charge is 0.281 e. The van der Waals surface area contributed by atoms with Gasteiger partial charge in [-0.15, -0.1) is 0 Å². The van der Waals surface area contributed by atoms with E-state index in [0.717, 1.165) is 0 Å². The van der Waals surface area contributed by atoms with Gasteiger partial charge in [0.1, 0.15) is 0 Å². The quantitative estimate of drug-likeness (QED) is 0.374. The number of hydrogen-bond donors (Lipinski definition) is 0. The average molecular weight is 434 g/mol. The highest BCUT2D eigenvalue weighted by molar-refractivity contribution is 7.87. The van der Waals surface area contributed by atoms with E-state index in [2.05, 4.69) is 9.22 Å². The van der Waals surface area contributed by atoms with Crippen LogP contribution in [0.15, 0.2) is 30.3 Å². The van der Waals surface area contributed by atoms with Crippen LogP contribution in [0.1, 0.15) is 5.56 Å². The zero-order valence-electron chi connectivity index (χ0n) is 12.4. The first-order chi connectivity index (χ1) is 12.0. The van der Waals surface area contributed by atoms with Crippen molar-refractivity contribution in [2.75, 3.05) is 0 Å². The standard InChI is InChI=1S/C12H7F9O5S/c13-9(14,11(17,18)19)10(15,16)12(20,21)27(23,24)26-25-8(22)6-7-4-2-1-3-5-7/h1-5H,6H2. The molecule has 1 aromatic rings. The summed E-state index contributed by atoms with van der Waals surface area (Å²) < 4.78 is 138. The summed E-state index contributed by atoms with van der Waals surface area (Å²) in [6.07, 6.45) is -8.05. The van der Waals surface area contributed by atoms with Crippen LogP contribution in [-0.4, -0.2) is 37.7 Å². The SMILES string of the molecule is O=C(Cc1ccccc1)OOS(=O)(=O)C(F)(F)C(F)(F)C(F)(F)C(F)(F)F. The highest BCUT2D eigenvalue weighted by atomic mass is 32.2. The van der Waals surface area contributed by atoms with Gasteiger partial charge in [0, 0.05) is 0 Å². The average Bonchev–Trinajstić information content (AvgIpc) is 2.52. The van der Waals surface area contributed by atoms with Crippen molar-refractivity contribution in [3.8, 4) is 0 Å². The number of halogens is 9. The van der Waals surface area contributed by atoms with E-state index in [1.807, 2.05) is 0 Å². The van der Waals surface area contributed by atoms with Gasteiger partial charge in [-0.1, -0.05) is 30.3 Å². The maximum atomic E-state index is 13.2. The molecule has 0 saturated carbocycles. The molecular weight excluding hydrogens is 427 g/mol. The summed E-state index contributed by atoms with van der Waals surface area (Å²) in [6.45, 7) is 0. The van der Waals surface area contributed by atoms with Gasteiger partial charge in [-0.25, -0.2) is 4.79 Å². The molecule has 0 fully saturated rings. The fraction of sp³-hybridized carbons (Fsp3) is 0.417. The molecule has 27 heavy (non-hydrogen) atoms. The molecule has 15 heteroatoms. The summed E-state index contributed by atoms with van der Waals surface area (Å²) in [5.74, 6) is -16.7. The molecule has 0 atom stereocenters. The molecule has 5 nitrogen and oxygen atoms in total. The van der Waals surface area contributed by atoms with Gasteiger partial charge in [0.15, 0.2) is 0 Å². The lowest BCUT2D eigenvalue weighted by Crippen LogP contribution is -2.63. The van der Waals surface area contributed by atoms with E-state index in [4.69, 9.17) is 0 Å². The summed E-state index contributed by atoms with van der Waals surface area (Å²) in [5, 5.41) is -7.11. The fourth-order valence-electron chi connectivity index (χ4n) is 1.44. The van der Waals surface area contributed by atoms with Gasteiger partial charge in [0.05, 0.1) is 6.42 Å². The molecule has 0 aromatic heterocycles. The van der Waals surface area contributed by atoms with E-state index < -0.39 is 45.8 Å². The van der Waals surface area contributed by atoms with Crippen LogP contribution in [0.2, 0.25) is 0 Å². The zero-order valence-corrected chi connectivity index (χ0v) is 13.3. The van der Waals surface area contributed by atoms with Crippen LogP contribution in [0, 0.1) is 0 Å². The Bertz CT molecular complexity index is 774. The zero-order chi connectivity index (χ0) is 21.3. The maximum absolute atomic E-state index is 13.2. The van der Waals surface area contributed by atoms with Crippen LogP contribution in [0.3, 0.4) is 0 Å². The highest BCUT2D eigenvalue weighted by Gasteiger charge is 2.86. The molecule has 0 aliphatic carbocycles. The van der Waals surface area contributed by atoms with Crippen molar-refractivity contribution in [2.24, 2.45) is 0 Å². The molecule has 0 saturated heterocycles. The number of alkyl halides is 9. The van der Waals surface area contributed by atoms with Gasteiger partial charge in [0.25, 0.3) is 0 Å². The Hall–Kier alpha value is -2.03. The molecule has 0 heterocycles. The number of benzene rings is 1. The van der Waals surface area contributed by atoms with E-state index in [0.29, 0.717) is 0 Å². The van der Waals surface area contributed by atoms with E-state index in [-0.39, 0.29) is 5.56 Å². The molecule has 0 bridgehead atoms. The van der Waals surface area contributed by atoms with Crippen LogP contribution in [-0.2, 0) is 30.6 Å². The number of rotatable bonds is 7. The van der Waals surface area contributed by atoms with Crippen molar-refractivity contribution >= 4 is 16.1 Å². The van der Waals surface area contributed by atoms with Gasteiger partial charge < -0.3 is 0 Å². The second-order valence-electron chi connectivity index (χ2n) is 4.80. The highest BCUT2D eigenvalue weighted by Crippen LogP contribution is 2.54. The number of carbonyl (C=O) groups is 1. The van der Waals surface area contributed by atoms with Crippen LogP contribution in [0.25, 0.3) is 0 Å². The first kappa shape index (κ1) is 23.0. The van der Waals surface area contributed by atoms with Crippen molar-refractivity contribution in [1.82, 2.24) is 0 Å². The van der Waals surface area contributed by atoms with Crippen LogP contribution in [0.4, 0.5) is 39.5 Å². The van der Waals surface area contributed by atoms with Gasteiger partial charge >= 0.3 is 39.4 Å². The lowest BCUT2D eigenvalue weighted by atomic mass is 10.1. The van der Waals surface area contributed by atoms with E-state index >= 15 is 0 Å². The van der Waals surface area contributed by atoms with Crippen LogP contribution >= 0.6 is 0 Å². The molecule has 154 valence electrons. The molecule has 0 spiro atoms. The first-order valence-electron chi connectivity index (χ1n) is 6.35. The minimum atomic E-state index is -7.48. The third-order valence-electron chi connectivity index (χ3n) is 2.84. The lowest BCUT2D eigenvalue weighted by Gasteiger charge is -2.32. The third-order valence-corrected chi connectivity index (χ3v) is 3.97. The summed E-state index contributed by atoms with van der Waals surface area (Å²) in [6, 6.07) is 6.78. The molecule has 0 radical (unpaired) electrons. The van der Waals surface area contributed by atoms with Crippen molar-refractivity contribution in [1.29, 1.82) is 0 Å². The van der Waals surface area contributed by atoms with Crippen LogP contribution < -0.4 is 0 Å². The first-order valence-corrected chi connectivity index (χ1v) is 7.76. The van der Waals surface area contributed by atoms with Gasteiger partial charge in [-0.3, -0.25) is 4.89 Å². The molecule has 0 aliphatic heterocycles. The molecule has 1 rings (SSSR count). The number of hydrogen-bond acceptors (Lipinski definition) is 5. The lowest BCUT2D eigenvalue weighted by molar-refractivity contribution is -0.383.